The Morgan fingerprint density at radius 2 is 1.68 bits per heavy atom. The van der Waals surface area contributed by atoms with E-state index in [1.807, 2.05) is 42.5 Å². The topological polar surface area (TPSA) is 65.0 Å². The van der Waals surface area contributed by atoms with E-state index in [9.17, 15) is 0 Å². The summed E-state index contributed by atoms with van der Waals surface area (Å²) in [7, 11) is 4.73. The average Bonchev–Trinajstić information content (AvgIpc) is 2.67. The highest BCUT2D eigenvalue weighted by atomic mass is 16.5. The number of rotatable bonds is 6. The zero-order valence-corrected chi connectivity index (χ0v) is 14.3. The van der Waals surface area contributed by atoms with Crippen LogP contribution in [0, 0.1) is 0 Å². The molecule has 0 saturated carbocycles. The number of benzene rings is 2. The normalized spacial score (nSPS) is 10.8. The summed E-state index contributed by atoms with van der Waals surface area (Å²) in [5, 5.41) is 5.33. The van der Waals surface area contributed by atoms with Crippen LogP contribution < -0.4 is 19.6 Å². The molecule has 3 rings (SSSR count). The molecule has 25 heavy (non-hydrogen) atoms. The quantitative estimate of drug-likeness (QED) is 0.549. The minimum absolute atomic E-state index is 0.526. The van der Waals surface area contributed by atoms with Crippen LogP contribution in [0.2, 0.25) is 0 Å². The summed E-state index contributed by atoms with van der Waals surface area (Å²) in [6.07, 6.45) is 1.65. The van der Waals surface area contributed by atoms with Gasteiger partial charge in [-0.1, -0.05) is 18.2 Å². The summed E-state index contributed by atoms with van der Waals surface area (Å²) < 4.78 is 16.1. The van der Waals surface area contributed by atoms with Gasteiger partial charge in [-0.05, 0) is 30.3 Å². The highest BCUT2D eigenvalue weighted by Crippen LogP contribution is 2.38. The third-order valence-electron chi connectivity index (χ3n) is 3.72. The Kier molecular flexibility index (Phi) is 4.99. The fraction of sp³-hybridized carbons (Fsp3) is 0.158. The van der Waals surface area contributed by atoms with Crippen molar-refractivity contribution in [3.05, 3.63) is 54.1 Å². The van der Waals surface area contributed by atoms with Gasteiger partial charge in [-0.15, -0.1) is 0 Å². The molecule has 0 unspecified atom stereocenters. The Hall–Kier alpha value is -3.28. The van der Waals surface area contributed by atoms with Crippen LogP contribution in [0.15, 0.2) is 53.6 Å². The van der Waals surface area contributed by atoms with Crippen LogP contribution in [0.1, 0.15) is 5.56 Å². The van der Waals surface area contributed by atoms with Gasteiger partial charge in [0, 0.05) is 10.9 Å². The monoisotopic (exact) mass is 337 g/mol. The van der Waals surface area contributed by atoms with Crippen molar-refractivity contribution in [2.45, 2.75) is 0 Å². The maximum atomic E-state index is 5.43. The Labute approximate surface area is 146 Å². The molecule has 0 radical (unpaired) electrons. The first-order valence-electron chi connectivity index (χ1n) is 7.70. The molecule has 0 spiro atoms. The van der Waals surface area contributed by atoms with Crippen molar-refractivity contribution in [2.24, 2.45) is 5.10 Å². The van der Waals surface area contributed by atoms with Gasteiger partial charge in [0.05, 0.1) is 33.1 Å². The SMILES string of the molecule is COc1ccc(/C=N/Nc2ccc3ccccc3n2)c(OC)c1OC. The molecule has 0 aliphatic carbocycles. The lowest BCUT2D eigenvalue weighted by Crippen LogP contribution is -1.99. The minimum Gasteiger partial charge on any atom is -0.493 e. The Morgan fingerprint density at radius 3 is 2.44 bits per heavy atom. The van der Waals surface area contributed by atoms with Crippen LogP contribution in [-0.4, -0.2) is 32.5 Å². The van der Waals surface area contributed by atoms with Gasteiger partial charge in [0.2, 0.25) is 5.75 Å². The van der Waals surface area contributed by atoms with Crippen LogP contribution in [-0.2, 0) is 0 Å². The number of nitrogens with zero attached hydrogens (tertiary/aromatic N) is 2. The fourth-order valence-corrected chi connectivity index (χ4v) is 2.52. The number of aromatic nitrogens is 1. The van der Waals surface area contributed by atoms with E-state index < -0.39 is 0 Å². The molecule has 3 aromatic rings. The number of para-hydroxylation sites is 1. The summed E-state index contributed by atoms with van der Waals surface area (Å²) in [4.78, 5) is 4.51. The van der Waals surface area contributed by atoms with E-state index >= 15 is 0 Å². The molecule has 2 aromatic carbocycles. The summed E-state index contributed by atoms with van der Waals surface area (Å²) in [5.41, 5.74) is 4.60. The molecular formula is C19H19N3O3. The second-order valence-electron chi connectivity index (χ2n) is 5.18. The van der Waals surface area contributed by atoms with E-state index in [0.29, 0.717) is 23.1 Å². The second-order valence-corrected chi connectivity index (χ2v) is 5.18. The van der Waals surface area contributed by atoms with Gasteiger partial charge >= 0.3 is 0 Å². The lowest BCUT2D eigenvalue weighted by molar-refractivity contribution is 0.324. The van der Waals surface area contributed by atoms with E-state index in [2.05, 4.69) is 15.5 Å². The van der Waals surface area contributed by atoms with E-state index in [4.69, 9.17) is 14.2 Å². The lowest BCUT2D eigenvalue weighted by atomic mass is 10.2. The van der Waals surface area contributed by atoms with Crippen LogP contribution in [0.3, 0.4) is 0 Å². The number of hydrogen-bond donors (Lipinski definition) is 1. The summed E-state index contributed by atoms with van der Waals surface area (Å²) >= 11 is 0. The molecule has 6 nitrogen and oxygen atoms in total. The van der Waals surface area contributed by atoms with Crippen molar-refractivity contribution in [3.63, 3.8) is 0 Å². The zero-order valence-electron chi connectivity index (χ0n) is 14.3. The minimum atomic E-state index is 0.526. The smallest absolute Gasteiger partial charge is 0.203 e. The van der Waals surface area contributed by atoms with Gasteiger partial charge in [0.1, 0.15) is 5.82 Å². The molecule has 1 heterocycles. The van der Waals surface area contributed by atoms with Gasteiger partial charge in [-0.2, -0.15) is 5.10 Å². The summed E-state index contributed by atoms with van der Waals surface area (Å²) in [5.74, 6) is 2.34. The van der Waals surface area contributed by atoms with Crippen LogP contribution in [0.4, 0.5) is 5.82 Å². The number of nitrogens with one attached hydrogen (secondary N) is 1. The predicted octanol–water partition coefficient (Wildman–Crippen LogP) is 3.71. The number of hydrazone groups is 1. The number of pyridine rings is 1. The lowest BCUT2D eigenvalue weighted by Gasteiger charge is -2.13. The Balaban J connectivity index is 1.83. The molecule has 128 valence electrons. The second kappa shape index (κ2) is 7.53. The molecule has 0 fully saturated rings. The van der Waals surface area contributed by atoms with Crippen molar-refractivity contribution in [1.29, 1.82) is 0 Å². The van der Waals surface area contributed by atoms with Crippen LogP contribution in [0.5, 0.6) is 17.2 Å². The number of ether oxygens (including phenoxy) is 3. The Bertz CT molecular complexity index is 910. The first-order chi connectivity index (χ1) is 12.3. The molecule has 0 aliphatic heterocycles. The van der Waals surface area contributed by atoms with Gasteiger partial charge in [-0.3, -0.25) is 5.43 Å². The van der Waals surface area contributed by atoms with Crippen molar-refractivity contribution in [3.8, 4) is 17.2 Å². The molecular weight excluding hydrogens is 318 g/mol. The maximum Gasteiger partial charge on any atom is 0.203 e. The highest BCUT2D eigenvalue weighted by molar-refractivity contribution is 5.86. The average molecular weight is 337 g/mol. The van der Waals surface area contributed by atoms with Crippen LogP contribution >= 0.6 is 0 Å². The Morgan fingerprint density at radius 1 is 0.880 bits per heavy atom. The third kappa shape index (κ3) is 3.47. The van der Waals surface area contributed by atoms with Crippen molar-refractivity contribution in [2.75, 3.05) is 26.8 Å². The van der Waals surface area contributed by atoms with Crippen molar-refractivity contribution >= 4 is 22.9 Å². The molecule has 0 atom stereocenters. The molecule has 1 N–H and O–H groups in total. The van der Waals surface area contributed by atoms with Crippen molar-refractivity contribution < 1.29 is 14.2 Å². The van der Waals surface area contributed by atoms with Crippen molar-refractivity contribution in [1.82, 2.24) is 4.98 Å². The molecule has 6 heteroatoms. The standard InChI is InChI=1S/C19H19N3O3/c1-23-16-10-8-14(18(24-2)19(16)25-3)12-20-22-17-11-9-13-6-4-5-7-15(13)21-17/h4-12H,1-3H3,(H,21,22)/b20-12+. The van der Waals surface area contributed by atoms with Gasteiger partial charge < -0.3 is 14.2 Å². The highest BCUT2D eigenvalue weighted by Gasteiger charge is 2.14. The van der Waals surface area contributed by atoms with Crippen LogP contribution in [0.25, 0.3) is 10.9 Å². The number of anilines is 1. The summed E-state index contributed by atoms with van der Waals surface area (Å²) in [6.45, 7) is 0. The molecule has 0 aliphatic rings. The maximum absolute atomic E-state index is 5.43. The fourth-order valence-electron chi connectivity index (χ4n) is 2.52. The molecule has 1 aromatic heterocycles. The third-order valence-corrected chi connectivity index (χ3v) is 3.72. The molecule has 0 bridgehead atoms. The first kappa shape index (κ1) is 16.6. The van der Waals surface area contributed by atoms with Gasteiger partial charge in [-0.25, -0.2) is 4.98 Å². The van der Waals surface area contributed by atoms with E-state index in [-0.39, 0.29) is 0 Å². The zero-order chi connectivity index (χ0) is 17.6. The first-order valence-corrected chi connectivity index (χ1v) is 7.70. The van der Waals surface area contributed by atoms with Gasteiger partial charge in [0.15, 0.2) is 11.5 Å². The van der Waals surface area contributed by atoms with E-state index in [0.717, 1.165) is 16.5 Å². The molecule has 0 saturated heterocycles. The van der Waals surface area contributed by atoms with Gasteiger partial charge in [0.25, 0.3) is 0 Å². The number of methoxy groups -OCH3 is 3. The number of hydrogen-bond acceptors (Lipinski definition) is 6. The molecule has 0 amide bonds. The predicted molar refractivity (Wildman–Crippen MR) is 99.1 cm³/mol. The number of fused-ring (bicyclic) bond motifs is 1. The van der Waals surface area contributed by atoms with E-state index in [1.54, 1.807) is 33.6 Å². The summed E-state index contributed by atoms with van der Waals surface area (Å²) in [6, 6.07) is 15.4. The van der Waals surface area contributed by atoms with E-state index in [1.165, 1.54) is 0 Å². The largest absolute Gasteiger partial charge is 0.493 e.